The molecule has 0 amide bonds. The molecule has 0 fully saturated rings. The molecule has 0 saturated heterocycles. The van der Waals surface area contributed by atoms with Crippen molar-refractivity contribution >= 4 is 11.7 Å². The molecule has 7 nitrogen and oxygen atoms in total. The van der Waals surface area contributed by atoms with Crippen LogP contribution in [-0.2, 0) is 11.3 Å². The van der Waals surface area contributed by atoms with Crippen LogP contribution < -0.4 is 4.74 Å². The summed E-state index contributed by atoms with van der Waals surface area (Å²) in [5.74, 6) is 0.249. The monoisotopic (exact) mass is 277 g/mol. The van der Waals surface area contributed by atoms with Crippen molar-refractivity contribution < 1.29 is 23.6 Å². The summed E-state index contributed by atoms with van der Waals surface area (Å²) < 4.78 is 15.1. The molecule has 2 rings (SSSR count). The van der Waals surface area contributed by atoms with Crippen LogP contribution in [0.15, 0.2) is 41.0 Å². The Hall–Kier alpha value is -2.83. The van der Waals surface area contributed by atoms with E-state index in [9.17, 15) is 14.9 Å². The van der Waals surface area contributed by atoms with E-state index in [0.29, 0.717) is 11.5 Å². The third-order valence-electron chi connectivity index (χ3n) is 2.57. The lowest BCUT2D eigenvalue weighted by Crippen LogP contribution is -2.05. The molecule has 0 spiro atoms. The maximum atomic E-state index is 11.4. The number of carbonyl (C=O) groups excluding carboxylic acids is 1. The SMILES string of the molecule is COC(=O)c1ccoc1COc1ccc([N+](=O)[O-])cc1. The molecule has 0 aliphatic carbocycles. The predicted octanol–water partition coefficient (Wildman–Crippen LogP) is 2.55. The molecule has 0 atom stereocenters. The van der Waals surface area contributed by atoms with Crippen LogP contribution in [0, 0.1) is 10.1 Å². The summed E-state index contributed by atoms with van der Waals surface area (Å²) in [6.45, 7) is 0.0231. The highest BCUT2D eigenvalue weighted by atomic mass is 16.6. The largest absolute Gasteiger partial charge is 0.486 e. The smallest absolute Gasteiger partial charge is 0.341 e. The number of non-ortho nitro benzene ring substituents is 1. The number of ether oxygens (including phenoxy) is 2. The third-order valence-corrected chi connectivity index (χ3v) is 2.57. The molecule has 0 bridgehead atoms. The Balaban J connectivity index is 2.04. The first-order chi connectivity index (χ1) is 9.61. The Morgan fingerprint density at radius 1 is 1.30 bits per heavy atom. The van der Waals surface area contributed by atoms with Gasteiger partial charge in [0.05, 0.1) is 18.3 Å². The summed E-state index contributed by atoms with van der Waals surface area (Å²) in [5.41, 5.74) is 0.264. The molecular weight excluding hydrogens is 266 g/mol. The van der Waals surface area contributed by atoms with Gasteiger partial charge in [0.2, 0.25) is 0 Å². The fraction of sp³-hybridized carbons (Fsp3) is 0.154. The van der Waals surface area contributed by atoms with E-state index in [1.807, 2.05) is 0 Å². The van der Waals surface area contributed by atoms with Gasteiger partial charge in [-0.3, -0.25) is 10.1 Å². The van der Waals surface area contributed by atoms with Crippen LogP contribution in [0.1, 0.15) is 16.1 Å². The van der Waals surface area contributed by atoms with Gasteiger partial charge in [0.1, 0.15) is 17.9 Å². The minimum Gasteiger partial charge on any atom is -0.486 e. The molecular formula is C13H11NO6. The number of hydrogen-bond donors (Lipinski definition) is 0. The summed E-state index contributed by atoms with van der Waals surface area (Å²) >= 11 is 0. The Kier molecular flexibility index (Phi) is 3.99. The zero-order valence-corrected chi connectivity index (χ0v) is 10.6. The van der Waals surface area contributed by atoms with Gasteiger partial charge in [-0.2, -0.15) is 0 Å². The summed E-state index contributed by atoms with van der Waals surface area (Å²) in [4.78, 5) is 21.4. The average Bonchev–Trinajstić information content (AvgIpc) is 2.93. The maximum Gasteiger partial charge on any atom is 0.341 e. The van der Waals surface area contributed by atoms with Crippen molar-refractivity contribution in [1.29, 1.82) is 0 Å². The van der Waals surface area contributed by atoms with Crippen molar-refractivity contribution in [3.63, 3.8) is 0 Å². The predicted molar refractivity (Wildman–Crippen MR) is 67.5 cm³/mol. The third kappa shape index (κ3) is 2.94. The first-order valence-electron chi connectivity index (χ1n) is 5.63. The summed E-state index contributed by atoms with van der Waals surface area (Å²) in [5, 5.41) is 10.5. The lowest BCUT2D eigenvalue weighted by Gasteiger charge is -2.05. The van der Waals surface area contributed by atoms with Crippen LogP contribution in [0.2, 0.25) is 0 Å². The highest BCUT2D eigenvalue weighted by Gasteiger charge is 2.15. The van der Waals surface area contributed by atoms with Gasteiger partial charge in [0.15, 0.2) is 5.76 Å². The molecule has 0 N–H and O–H groups in total. The first kappa shape index (κ1) is 13.6. The number of nitro benzene ring substituents is 1. The van der Waals surface area contributed by atoms with Gasteiger partial charge in [-0.15, -0.1) is 0 Å². The number of carbonyl (C=O) groups is 1. The Bertz CT molecular complexity index is 616. The molecule has 0 aliphatic heterocycles. The minimum atomic E-state index is -0.513. The van der Waals surface area contributed by atoms with Crippen LogP contribution in [0.4, 0.5) is 5.69 Å². The first-order valence-corrected chi connectivity index (χ1v) is 5.63. The van der Waals surface area contributed by atoms with Crippen LogP contribution >= 0.6 is 0 Å². The summed E-state index contributed by atoms with van der Waals surface area (Å²) in [7, 11) is 1.27. The number of nitro groups is 1. The number of benzene rings is 1. The molecule has 0 radical (unpaired) electrons. The van der Waals surface area contributed by atoms with Gasteiger partial charge in [0, 0.05) is 12.1 Å². The highest BCUT2D eigenvalue weighted by Crippen LogP contribution is 2.20. The van der Waals surface area contributed by atoms with E-state index in [-0.39, 0.29) is 17.9 Å². The van der Waals surface area contributed by atoms with Gasteiger partial charge in [0.25, 0.3) is 5.69 Å². The van der Waals surface area contributed by atoms with E-state index in [0.717, 1.165) is 0 Å². The molecule has 1 aromatic heterocycles. The van der Waals surface area contributed by atoms with Crippen LogP contribution in [0.3, 0.4) is 0 Å². The molecule has 104 valence electrons. The topological polar surface area (TPSA) is 91.8 Å². The molecule has 1 heterocycles. The van der Waals surface area contributed by atoms with Crippen molar-refractivity contribution in [3.8, 4) is 5.75 Å². The number of furan rings is 1. The highest BCUT2D eigenvalue weighted by molar-refractivity contribution is 5.90. The summed E-state index contributed by atoms with van der Waals surface area (Å²) in [6, 6.07) is 7.09. The lowest BCUT2D eigenvalue weighted by atomic mass is 10.2. The number of esters is 1. The van der Waals surface area contributed by atoms with Gasteiger partial charge < -0.3 is 13.9 Å². The Morgan fingerprint density at radius 2 is 2.00 bits per heavy atom. The van der Waals surface area contributed by atoms with Crippen LogP contribution in [-0.4, -0.2) is 18.0 Å². The zero-order valence-electron chi connectivity index (χ0n) is 10.6. The van der Waals surface area contributed by atoms with Gasteiger partial charge in [-0.25, -0.2) is 4.79 Å². The fourth-order valence-corrected chi connectivity index (χ4v) is 1.56. The van der Waals surface area contributed by atoms with Crippen molar-refractivity contribution in [2.45, 2.75) is 6.61 Å². The molecule has 7 heteroatoms. The normalized spacial score (nSPS) is 10.1. The van der Waals surface area contributed by atoms with Crippen molar-refractivity contribution in [2.24, 2.45) is 0 Å². The molecule has 0 aliphatic rings. The molecule has 2 aromatic rings. The van der Waals surface area contributed by atoms with Crippen molar-refractivity contribution in [2.75, 3.05) is 7.11 Å². The maximum absolute atomic E-state index is 11.4. The fourth-order valence-electron chi connectivity index (χ4n) is 1.56. The zero-order chi connectivity index (χ0) is 14.5. The van der Waals surface area contributed by atoms with Gasteiger partial charge >= 0.3 is 5.97 Å². The lowest BCUT2D eigenvalue weighted by molar-refractivity contribution is -0.384. The molecule has 1 aromatic carbocycles. The number of hydrogen-bond acceptors (Lipinski definition) is 6. The summed E-state index contributed by atoms with van der Waals surface area (Å²) in [6.07, 6.45) is 1.36. The van der Waals surface area contributed by atoms with Crippen molar-refractivity contribution in [1.82, 2.24) is 0 Å². The van der Waals surface area contributed by atoms with E-state index in [1.165, 1.54) is 43.7 Å². The van der Waals surface area contributed by atoms with E-state index in [2.05, 4.69) is 4.74 Å². The second-order valence-corrected chi connectivity index (χ2v) is 3.79. The Labute approximate surface area is 113 Å². The minimum absolute atomic E-state index is 0.0226. The van der Waals surface area contributed by atoms with Crippen molar-refractivity contribution in [3.05, 3.63) is 58.0 Å². The van der Waals surface area contributed by atoms with Crippen LogP contribution in [0.25, 0.3) is 0 Å². The molecule has 0 saturated carbocycles. The second-order valence-electron chi connectivity index (χ2n) is 3.79. The number of rotatable bonds is 5. The average molecular weight is 277 g/mol. The van der Waals surface area contributed by atoms with E-state index in [1.54, 1.807) is 0 Å². The van der Waals surface area contributed by atoms with Gasteiger partial charge in [-0.05, 0) is 18.2 Å². The van der Waals surface area contributed by atoms with E-state index in [4.69, 9.17) is 9.15 Å². The number of methoxy groups -OCH3 is 1. The standard InChI is InChI=1S/C13H11NO6/c1-18-13(15)11-6-7-19-12(11)8-20-10-4-2-9(3-5-10)14(16)17/h2-7H,8H2,1H3. The molecule has 0 unspecified atom stereocenters. The molecule has 20 heavy (non-hydrogen) atoms. The number of nitrogens with zero attached hydrogens (tertiary/aromatic N) is 1. The van der Waals surface area contributed by atoms with E-state index >= 15 is 0 Å². The van der Waals surface area contributed by atoms with E-state index < -0.39 is 10.9 Å². The second kappa shape index (κ2) is 5.87. The van der Waals surface area contributed by atoms with Gasteiger partial charge in [-0.1, -0.05) is 0 Å². The quantitative estimate of drug-likeness (QED) is 0.473. The van der Waals surface area contributed by atoms with Crippen LogP contribution in [0.5, 0.6) is 5.75 Å². The Morgan fingerprint density at radius 3 is 2.60 bits per heavy atom.